The first-order valence-corrected chi connectivity index (χ1v) is 7.47. The molecular formula is C14H11BrCl2N2O2. The van der Waals surface area contributed by atoms with Crippen LogP contribution >= 0.6 is 39.1 Å². The maximum absolute atomic E-state index is 12.3. The summed E-state index contributed by atoms with van der Waals surface area (Å²) in [6.45, 7) is 0.355. The average Bonchev–Trinajstić information content (AvgIpc) is 2.45. The van der Waals surface area contributed by atoms with E-state index in [4.69, 9.17) is 27.9 Å². The topological polar surface area (TPSA) is 51.2 Å². The molecule has 7 heteroatoms. The molecule has 1 aromatic heterocycles. The number of halogens is 3. The van der Waals surface area contributed by atoms with E-state index in [0.29, 0.717) is 12.3 Å². The summed E-state index contributed by atoms with van der Waals surface area (Å²) in [5, 5.41) is 3.21. The monoisotopic (exact) mass is 388 g/mol. The molecule has 0 atom stereocenters. The summed E-state index contributed by atoms with van der Waals surface area (Å²) in [4.78, 5) is 16.2. The van der Waals surface area contributed by atoms with Crippen LogP contribution in [0, 0.1) is 0 Å². The molecule has 2 rings (SSSR count). The number of pyridine rings is 1. The molecule has 0 saturated heterocycles. The van der Waals surface area contributed by atoms with Crippen molar-refractivity contribution in [2.45, 2.75) is 6.61 Å². The molecule has 2 aromatic rings. The molecule has 0 saturated carbocycles. The SMILES string of the molecule is COCc1c(Br)cccc1NC(=O)c1nc(Cl)ccc1Cl. The molecule has 4 nitrogen and oxygen atoms in total. The third kappa shape index (κ3) is 3.95. The second-order valence-electron chi connectivity index (χ2n) is 4.12. The maximum Gasteiger partial charge on any atom is 0.275 e. The number of anilines is 1. The fourth-order valence-electron chi connectivity index (χ4n) is 1.73. The zero-order valence-electron chi connectivity index (χ0n) is 11.0. The van der Waals surface area contributed by atoms with Crippen LogP contribution in [-0.2, 0) is 11.3 Å². The Balaban J connectivity index is 2.31. The number of aromatic nitrogens is 1. The van der Waals surface area contributed by atoms with Gasteiger partial charge in [-0.05, 0) is 24.3 Å². The second kappa shape index (κ2) is 7.22. The maximum atomic E-state index is 12.3. The molecule has 0 fully saturated rings. The second-order valence-corrected chi connectivity index (χ2v) is 5.77. The fourth-order valence-corrected chi connectivity index (χ4v) is 2.55. The first-order chi connectivity index (χ1) is 10.0. The number of carbonyl (C=O) groups is 1. The Morgan fingerprint density at radius 2 is 2.10 bits per heavy atom. The molecule has 0 aliphatic carbocycles. The van der Waals surface area contributed by atoms with Crippen LogP contribution in [0.1, 0.15) is 16.1 Å². The number of ether oxygens (including phenoxy) is 1. The van der Waals surface area contributed by atoms with Gasteiger partial charge >= 0.3 is 0 Å². The number of hydrogen-bond acceptors (Lipinski definition) is 3. The van der Waals surface area contributed by atoms with Gasteiger partial charge in [-0.3, -0.25) is 4.79 Å². The molecule has 0 aliphatic rings. The van der Waals surface area contributed by atoms with Crippen molar-refractivity contribution in [2.24, 2.45) is 0 Å². The summed E-state index contributed by atoms with van der Waals surface area (Å²) in [5.74, 6) is -0.432. The van der Waals surface area contributed by atoms with Gasteiger partial charge in [0.15, 0.2) is 0 Å². The Bertz CT molecular complexity index is 680. The highest BCUT2D eigenvalue weighted by atomic mass is 79.9. The third-order valence-corrected chi connectivity index (χ3v) is 3.94. The van der Waals surface area contributed by atoms with E-state index in [2.05, 4.69) is 26.2 Å². The third-order valence-electron chi connectivity index (χ3n) is 2.68. The molecule has 1 aromatic carbocycles. The van der Waals surface area contributed by atoms with Gasteiger partial charge in [0.1, 0.15) is 10.8 Å². The van der Waals surface area contributed by atoms with E-state index in [1.165, 1.54) is 12.1 Å². The van der Waals surface area contributed by atoms with Gasteiger partial charge in [-0.15, -0.1) is 0 Å². The van der Waals surface area contributed by atoms with Crippen molar-refractivity contribution < 1.29 is 9.53 Å². The van der Waals surface area contributed by atoms with Crippen LogP contribution in [0.3, 0.4) is 0 Å². The minimum Gasteiger partial charge on any atom is -0.380 e. The summed E-state index contributed by atoms with van der Waals surface area (Å²) in [7, 11) is 1.58. The van der Waals surface area contributed by atoms with E-state index < -0.39 is 5.91 Å². The number of nitrogens with zero attached hydrogens (tertiary/aromatic N) is 1. The van der Waals surface area contributed by atoms with Gasteiger partial charge in [0.05, 0.1) is 11.6 Å². The molecular weight excluding hydrogens is 379 g/mol. The molecule has 0 spiro atoms. The lowest BCUT2D eigenvalue weighted by molar-refractivity contribution is 0.102. The predicted molar refractivity (Wildman–Crippen MR) is 87.1 cm³/mol. The molecule has 0 aliphatic heterocycles. The molecule has 0 radical (unpaired) electrons. The number of carbonyl (C=O) groups excluding carboxylic acids is 1. The summed E-state index contributed by atoms with van der Waals surface area (Å²) in [5.41, 5.74) is 1.52. The van der Waals surface area contributed by atoms with E-state index in [-0.39, 0.29) is 15.9 Å². The van der Waals surface area contributed by atoms with Crippen LogP contribution in [0.25, 0.3) is 0 Å². The van der Waals surface area contributed by atoms with E-state index in [9.17, 15) is 4.79 Å². The number of amides is 1. The van der Waals surface area contributed by atoms with Crippen molar-refractivity contribution in [1.29, 1.82) is 0 Å². The lowest BCUT2D eigenvalue weighted by Crippen LogP contribution is -2.16. The van der Waals surface area contributed by atoms with Gasteiger partial charge in [-0.25, -0.2) is 4.98 Å². The minimum absolute atomic E-state index is 0.0764. The summed E-state index contributed by atoms with van der Waals surface area (Å²) >= 11 is 15.2. The highest BCUT2D eigenvalue weighted by molar-refractivity contribution is 9.10. The van der Waals surface area contributed by atoms with Crippen LogP contribution in [-0.4, -0.2) is 18.0 Å². The van der Waals surface area contributed by atoms with Crippen molar-refractivity contribution >= 4 is 50.7 Å². The van der Waals surface area contributed by atoms with E-state index >= 15 is 0 Å². The van der Waals surface area contributed by atoms with Crippen molar-refractivity contribution in [1.82, 2.24) is 4.98 Å². The van der Waals surface area contributed by atoms with Crippen LogP contribution in [0.4, 0.5) is 5.69 Å². The van der Waals surface area contributed by atoms with Crippen LogP contribution in [0.2, 0.25) is 10.2 Å². The lowest BCUT2D eigenvalue weighted by Gasteiger charge is -2.12. The standard InChI is InChI=1S/C14H11BrCl2N2O2/c1-21-7-8-9(15)3-2-4-11(8)18-14(20)13-10(16)5-6-12(17)19-13/h2-6H,7H2,1H3,(H,18,20). The molecule has 1 N–H and O–H groups in total. The zero-order valence-corrected chi connectivity index (χ0v) is 14.1. The molecule has 0 bridgehead atoms. The predicted octanol–water partition coefficient (Wildman–Crippen LogP) is 4.55. The van der Waals surface area contributed by atoms with Gasteiger partial charge in [-0.2, -0.15) is 0 Å². The molecule has 21 heavy (non-hydrogen) atoms. The van der Waals surface area contributed by atoms with Crippen molar-refractivity contribution in [3.05, 3.63) is 56.2 Å². The first-order valence-electron chi connectivity index (χ1n) is 5.92. The largest absolute Gasteiger partial charge is 0.380 e. The summed E-state index contributed by atoms with van der Waals surface area (Å²) < 4.78 is 5.98. The van der Waals surface area contributed by atoms with Crippen molar-refractivity contribution in [3.8, 4) is 0 Å². The van der Waals surface area contributed by atoms with Gasteiger partial charge in [0.25, 0.3) is 5.91 Å². The van der Waals surface area contributed by atoms with Gasteiger partial charge < -0.3 is 10.1 Å². The highest BCUT2D eigenvalue weighted by Crippen LogP contribution is 2.26. The van der Waals surface area contributed by atoms with E-state index in [1.807, 2.05) is 12.1 Å². The van der Waals surface area contributed by atoms with Crippen LogP contribution < -0.4 is 5.32 Å². The fraction of sp³-hybridized carbons (Fsp3) is 0.143. The summed E-state index contributed by atoms with van der Waals surface area (Å²) in [6, 6.07) is 8.51. The Morgan fingerprint density at radius 1 is 1.33 bits per heavy atom. The number of methoxy groups -OCH3 is 1. The Labute approximate surface area is 140 Å². The molecule has 1 amide bonds. The number of rotatable bonds is 4. The van der Waals surface area contributed by atoms with E-state index in [0.717, 1.165) is 10.0 Å². The summed E-state index contributed by atoms with van der Waals surface area (Å²) in [6.07, 6.45) is 0. The lowest BCUT2D eigenvalue weighted by atomic mass is 10.2. The van der Waals surface area contributed by atoms with Crippen molar-refractivity contribution in [2.75, 3.05) is 12.4 Å². The van der Waals surface area contributed by atoms with E-state index in [1.54, 1.807) is 13.2 Å². The number of benzene rings is 1. The smallest absolute Gasteiger partial charge is 0.275 e. The van der Waals surface area contributed by atoms with Crippen LogP contribution in [0.5, 0.6) is 0 Å². The Morgan fingerprint density at radius 3 is 2.81 bits per heavy atom. The first kappa shape index (κ1) is 16.2. The molecule has 110 valence electrons. The zero-order chi connectivity index (χ0) is 15.4. The Hall–Kier alpha value is -1.14. The van der Waals surface area contributed by atoms with Crippen molar-refractivity contribution in [3.63, 3.8) is 0 Å². The normalized spacial score (nSPS) is 10.5. The highest BCUT2D eigenvalue weighted by Gasteiger charge is 2.15. The number of nitrogens with one attached hydrogen (secondary N) is 1. The van der Waals surface area contributed by atoms with Gasteiger partial charge in [0.2, 0.25) is 0 Å². The number of hydrogen-bond donors (Lipinski definition) is 1. The molecule has 0 unspecified atom stereocenters. The molecule has 1 heterocycles. The average molecular weight is 390 g/mol. The Kier molecular flexibility index (Phi) is 5.58. The van der Waals surface area contributed by atoms with Gasteiger partial charge in [0, 0.05) is 22.8 Å². The van der Waals surface area contributed by atoms with Crippen LogP contribution in [0.15, 0.2) is 34.8 Å². The quantitative estimate of drug-likeness (QED) is 0.780. The van der Waals surface area contributed by atoms with Gasteiger partial charge in [-0.1, -0.05) is 45.2 Å². The minimum atomic E-state index is -0.432.